The van der Waals surface area contributed by atoms with Crippen LogP contribution in [0.2, 0.25) is 0 Å². The quantitative estimate of drug-likeness (QED) is 0.0368. The lowest BCUT2D eigenvalue weighted by molar-refractivity contribution is -0.163. The number of carbonyl (C=O) groups excluding carboxylic acids is 3. The molecule has 308 valence electrons. The molecule has 5 fully saturated rings. The van der Waals surface area contributed by atoms with E-state index >= 15 is 0 Å². The standard InChI is InChI=1S/C46H83NO6/c1-5-7-15-22-37(23-16-8-6-2)31-33-51-44(48)26-19-13-9-11-17-24-40(53-46(50)28-21-32-47(3)4)25-18-12-10-14-20-27-45(49)52-36-43-38-29-30-41-39(34-38)35-42(41)43/h37-43H,5-36H2,1-4H3. The van der Waals surface area contributed by atoms with Gasteiger partial charge in [0.2, 0.25) is 0 Å². The number of carbonyl (C=O) groups is 3. The van der Waals surface area contributed by atoms with E-state index < -0.39 is 0 Å². The summed E-state index contributed by atoms with van der Waals surface area (Å²) in [6.45, 7) is 6.65. The molecule has 0 spiro atoms. The molecular formula is C46H83NO6. The molecular weight excluding hydrogens is 663 g/mol. The number of nitrogens with zero attached hydrogens (tertiary/aromatic N) is 1. The first-order valence-electron chi connectivity index (χ1n) is 23.0. The number of hydrogen-bond acceptors (Lipinski definition) is 7. The first-order valence-corrected chi connectivity index (χ1v) is 23.0. The molecule has 5 aliphatic rings. The molecule has 0 heterocycles. The van der Waals surface area contributed by atoms with Gasteiger partial charge in [-0.05, 0) is 133 Å². The number of rotatable bonds is 34. The van der Waals surface area contributed by atoms with Crippen molar-refractivity contribution in [3.8, 4) is 0 Å². The molecule has 0 radical (unpaired) electrons. The van der Waals surface area contributed by atoms with E-state index in [2.05, 4.69) is 18.7 Å². The smallest absolute Gasteiger partial charge is 0.306 e. The summed E-state index contributed by atoms with van der Waals surface area (Å²) in [7, 11) is 4.06. The summed E-state index contributed by atoms with van der Waals surface area (Å²) in [4.78, 5) is 39.5. The largest absolute Gasteiger partial charge is 0.466 e. The fourth-order valence-corrected chi connectivity index (χ4v) is 9.84. The van der Waals surface area contributed by atoms with E-state index in [9.17, 15) is 14.4 Å². The molecule has 0 aliphatic heterocycles. The van der Waals surface area contributed by atoms with Gasteiger partial charge in [-0.1, -0.05) is 104 Å². The second-order valence-electron chi connectivity index (χ2n) is 17.7. The molecule has 5 saturated carbocycles. The summed E-state index contributed by atoms with van der Waals surface area (Å²) in [5.74, 6) is 4.82. The minimum absolute atomic E-state index is 0.00168. The molecule has 7 heteroatoms. The van der Waals surface area contributed by atoms with Gasteiger partial charge in [0.05, 0.1) is 13.2 Å². The van der Waals surface area contributed by atoms with Gasteiger partial charge in [0.15, 0.2) is 0 Å². The molecule has 0 aromatic rings. The van der Waals surface area contributed by atoms with Gasteiger partial charge < -0.3 is 19.1 Å². The molecule has 53 heavy (non-hydrogen) atoms. The highest BCUT2D eigenvalue weighted by molar-refractivity contribution is 5.70. The van der Waals surface area contributed by atoms with Crippen LogP contribution >= 0.6 is 0 Å². The van der Waals surface area contributed by atoms with Crippen LogP contribution in [-0.4, -0.2) is 62.8 Å². The SMILES string of the molecule is CCCCCC(CCCCC)CCOC(=O)CCCCCCCC(CCCCCCCC(=O)OCC1C2CCC3C(C2)CC31)OC(=O)CCCN(C)C. The minimum Gasteiger partial charge on any atom is -0.466 e. The Morgan fingerprint density at radius 1 is 0.566 bits per heavy atom. The van der Waals surface area contributed by atoms with E-state index in [1.807, 2.05) is 14.1 Å². The molecule has 5 aliphatic carbocycles. The van der Waals surface area contributed by atoms with E-state index in [1.54, 1.807) is 0 Å². The maximum atomic E-state index is 12.6. The highest BCUT2D eigenvalue weighted by atomic mass is 16.5. The number of hydrogen-bond donors (Lipinski definition) is 0. The number of esters is 3. The molecule has 0 saturated heterocycles. The van der Waals surface area contributed by atoms with Crippen molar-refractivity contribution in [1.29, 1.82) is 0 Å². The van der Waals surface area contributed by atoms with Gasteiger partial charge in [0.25, 0.3) is 0 Å². The number of unbranched alkanes of at least 4 members (excludes halogenated alkanes) is 12. The monoisotopic (exact) mass is 746 g/mol. The molecule has 5 rings (SSSR count). The van der Waals surface area contributed by atoms with Crippen LogP contribution < -0.4 is 0 Å². The molecule has 6 unspecified atom stereocenters. The van der Waals surface area contributed by atoms with Crippen molar-refractivity contribution in [2.24, 2.45) is 35.5 Å². The van der Waals surface area contributed by atoms with Crippen molar-refractivity contribution in [2.75, 3.05) is 33.9 Å². The van der Waals surface area contributed by atoms with E-state index in [0.717, 1.165) is 120 Å². The second kappa shape index (κ2) is 27.9. The minimum atomic E-state index is -0.0692. The predicted molar refractivity (Wildman–Crippen MR) is 217 cm³/mol. The second-order valence-corrected chi connectivity index (χ2v) is 17.7. The van der Waals surface area contributed by atoms with Crippen LogP contribution in [0.3, 0.4) is 0 Å². The van der Waals surface area contributed by atoms with E-state index in [1.165, 1.54) is 77.0 Å². The number of ether oxygens (including phenoxy) is 3. The van der Waals surface area contributed by atoms with Crippen LogP contribution in [0.15, 0.2) is 0 Å². The van der Waals surface area contributed by atoms with Crippen LogP contribution in [0.4, 0.5) is 0 Å². The Morgan fingerprint density at radius 2 is 1.13 bits per heavy atom. The van der Waals surface area contributed by atoms with Gasteiger partial charge in [-0.15, -0.1) is 0 Å². The summed E-state index contributed by atoms with van der Waals surface area (Å²) in [5, 5.41) is 0. The van der Waals surface area contributed by atoms with Crippen LogP contribution in [0.5, 0.6) is 0 Å². The van der Waals surface area contributed by atoms with Crippen molar-refractivity contribution in [2.45, 2.75) is 206 Å². The zero-order valence-corrected chi connectivity index (χ0v) is 35.1. The first-order chi connectivity index (χ1) is 25.8. The zero-order valence-electron chi connectivity index (χ0n) is 35.1. The van der Waals surface area contributed by atoms with Crippen LogP contribution in [0.1, 0.15) is 200 Å². The third-order valence-corrected chi connectivity index (χ3v) is 13.1. The summed E-state index contributed by atoms with van der Waals surface area (Å²) in [5.41, 5.74) is 0. The van der Waals surface area contributed by atoms with Gasteiger partial charge in [-0.2, -0.15) is 0 Å². The van der Waals surface area contributed by atoms with Crippen molar-refractivity contribution >= 4 is 17.9 Å². The fraction of sp³-hybridized carbons (Fsp3) is 0.935. The molecule has 0 aromatic heterocycles. The maximum absolute atomic E-state index is 12.6. The molecule has 0 aromatic carbocycles. The molecule has 6 atom stereocenters. The molecule has 4 bridgehead atoms. The normalized spacial score (nSPS) is 22.2. The lowest BCUT2D eigenvalue weighted by Gasteiger charge is -2.61. The van der Waals surface area contributed by atoms with Crippen LogP contribution in [0, 0.1) is 35.5 Å². The maximum Gasteiger partial charge on any atom is 0.306 e. The molecule has 0 amide bonds. The van der Waals surface area contributed by atoms with E-state index in [0.29, 0.717) is 44.3 Å². The van der Waals surface area contributed by atoms with Crippen LogP contribution in [-0.2, 0) is 28.6 Å². The summed E-state index contributed by atoms with van der Waals surface area (Å²) < 4.78 is 17.4. The van der Waals surface area contributed by atoms with Crippen molar-refractivity contribution in [3.05, 3.63) is 0 Å². The van der Waals surface area contributed by atoms with Gasteiger partial charge in [0.1, 0.15) is 6.10 Å². The first kappa shape index (κ1) is 45.8. The van der Waals surface area contributed by atoms with Gasteiger partial charge in [-0.25, -0.2) is 0 Å². The third kappa shape index (κ3) is 19.2. The average Bonchev–Trinajstić information content (AvgIpc) is 3.12. The Hall–Kier alpha value is -1.63. The fourth-order valence-electron chi connectivity index (χ4n) is 9.84. The van der Waals surface area contributed by atoms with Gasteiger partial charge in [0, 0.05) is 19.3 Å². The Bertz CT molecular complexity index is 971. The highest BCUT2D eigenvalue weighted by Gasteiger charge is 2.55. The lowest BCUT2D eigenvalue weighted by Crippen LogP contribution is -2.55. The predicted octanol–water partition coefficient (Wildman–Crippen LogP) is 11.6. The van der Waals surface area contributed by atoms with Gasteiger partial charge >= 0.3 is 17.9 Å². The summed E-state index contributed by atoms with van der Waals surface area (Å²) >= 11 is 0. The highest BCUT2D eigenvalue weighted by Crippen LogP contribution is 2.62. The molecule has 7 nitrogen and oxygen atoms in total. The molecule has 0 N–H and O–H groups in total. The Balaban J connectivity index is 1.21. The summed E-state index contributed by atoms with van der Waals surface area (Å²) in [6.07, 6.45) is 31.4. The lowest BCUT2D eigenvalue weighted by atomic mass is 9.44. The Morgan fingerprint density at radius 3 is 1.70 bits per heavy atom. The van der Waals surface area contributed by atoms with E-state index in [4.69, 9.17) is 14.2 Å². The Kier molecular flexibility index (Phi) is 24.1. The van der Waals surface area contributed by atoms with Gasteiger partial charge in [-0.3, -0.25) is 14.4 Å². The zero-order chi connectivity index (χ0) is 38.1. The van der Waals surface area contributed by atoms with Crippen LogP contribution in [0.25, 0.3) is 0 Å². The number of fused-ring (bicyclic) bond motifs is 1. The van der Waals surface area contributed by atoms with E-state index in [-0.39, 0.29) is 24.0 Å². The Labute approximate surface area is 326 Å². The van der Waals surface area contributed by atoms with Crippen molar-refractivity contribution in [3.63, 3.8) is 0 Å². The topological polar surface area (TPSA) is 82.1 Å². The third-order valence-electron chi connectivity index (χ3n) is 13.1. The van der Waals surface area contributed by atoms with Crippen molar-refractivity contribution < 1.29 is 28.6 Å². The average molecular weight is 746 g/mol. The van der Waals surface area contributed by atoms with Crippen molar-refractivity contribution in [1.82, 2.24) is 4.90 Å². The summed E-state index contributed by atoms with van der Waals surface area (Å²) in [6, 6.07) is 0.